The van der Waals surface area contributed by atoms with Gasteiger partial charge in [0.15, 0.2) is 0 Å². The Morgan fingerprint density at radius 2 is 2.54 bits per heavy atom. The van der Waals surface area contributed by atoms with Crippen molar-refractivity contribution in [1.82, 2.24) is 4.98 Å². The molecule has 1 aromatic rings. The lowest BCUT2D eigenvalue weighted by molar-refractivity contribution is 0.0702. The molecule has 0 spiro atoms. The van der Waals surface area contributed by atoms with Crippen LogP contribution in [0, 0.1) is 0 Å². The molecule has 1 aliphatic heterocycles. The molecule has 0 bridgehead atoms. The van der Waals surface area contributed by atoms with Crippen molar-refractivity contribution in [2.24, 2.45) is 0 Å². The van der Waals surface area contributed by atoms with E-state index >= 15 is 0 Å². The van der Waals surface area contributed by atoms with Crippen LogP contribution in [0.2, 0.25) is 0 Å². The first-order valence-corrected chi connectivity index (χ1v) is 6.01. The number of rotatable bonds is 2. The maximum atomic E-state index is 10.6. The number of carboxylic acid groups (broad SMARTS) is 1. The van der Waals surface area contributed by atoms with Crippen LogP contribution in [0.1, 0.15) is 27.0 Å². The summed E-state index contributed by atoms with van der Waals surface area (Å²) < 4.78 is 0. The minimum absolute atomic E-state index is 0.354. The number of nitrogens with zero attached hydrogens (tertiary/aromatic N) is 1. The summed E-state index contributed by atoms with van der Waals surface area (Å²) in [5.74, 6) is 1.89. The Morgan fingerprint density at radius 1 is 1.69 bits per heavy atom. The quantitative estimate of drug-likeness (QED) is 0.820. The first-order chi connectivity index (χ1) is 6.27. The number of thiazole rings is 1. The minimum atomic E-state index is -0.866. The molecule has 0 aromatic carbocycles. The van der Waals surface area contributed by atoms with Crippen LogP contribution in [0.15, 0.2) is 6.20 Å². The average Bonchev–Trinajstić information content (AvgIpc) is 2.75. The van der Waals surface area contributed by atoms with Crippen molar-refractivity contribution >= 4 is 29.1 Å². The Labute approximate surface area is 84.2 Å². The van der Waals surface area contributed by atoms with Gasteiger partial charge in [-0.1, -0.05) is 0 Å². The maximum absolute atomic E-state index is 10.6. The van der Waals surface area contributed by atoms with Crippen LogP contribution >= 0.6 is 23.1 Å². The van der Waals surface area contributed by atoms with Crippen LogP contribution in [0.3, 0.4) is 0 Å². The summed E-state index contributed by atoms with van der Waals surface area (Å²) >= 11 is 3.23. The van der Waals surface area contributed by atoms with E-state index < -0.39 is 5.97 Å². The van der Waals surface area contributed by atoms with Gasteiger partial charge in [0.05, 0.1) is 11.2 Å². The topological polar surface area (TPSA) is 50.2 Å². The van der Waals surface area contributed by atoms with Gasteiger partial charge in [-0.2, -0.15) is 11.8 Å². The largest absolute Gasteiger partial charge is 0.477 e. The molecule has 1 atom stereocenters. The molecule has 2 heterocycles. The monoisotopic (exact) mass is 215 g/mol. The third-order valence-corrected chi connectivity index (χ3v) is 4.32. The van der Waals surface area contributed by atoms with Crippen LogP contribution < -0.4 is 0 Å². The van der Waals surface area contributed by atoms with E-state index in [2.05, 4.69) is 4.98 Å². The molecule has 2 rings (SSSR count). The molecule has 0 saturated carbocycles. The Morgan fingerprint density at radius 3 is 3.08 bits per heavy atom. The molecule has 1 aromatic heterocycles. The SMILES string of the molecule is O=C(O)c1cnc(C2CCSC2)s1. The van der Waals surface area contributed by atoms with Gasteiger partial charge in [0.1, 0.15) is 4.88 Å². The van der Waals surface area contributed by atoms with E-state index in [-0.39, 0.29) is 0 Å². The lowest BCUT2D eigenvalue weighted by Gasteiger charge is -2.00. The summed E-state index contributed by atoms with van der Waals surface area (Å²) in [4.78, 5) is 15.1. The van der Waals surface area contributed by atoms with Crippen molar-refractivity contribution in [2.45, 2.75) is 12.3 Å². The van der Waals surface area contributed by atoms with E-state index in [9.17, 15) is 4.79 Å². The first kappa shape index (κ1) is 9.02. The number of aromatic nitrogens is 1. The van der Waals surface area contributed by atoms with E-state index in [0.717, 1.165) is 17.2 Å². The second kappa shape index (κ2) is 3.67. The van der Waals surface area contributed by atoms with Gasteiger partial charge in [-0.05, 0) is 12.2 Å². The fraction of sp³-hybridized carbons (Fsp3) is 0.500. The summed E-state index contributed by atoms with van der Waals surface area (Å²) in [7, 11) is 0. The average molecular weight is 215 g/mol. The molecule has 0 aliphatic carbocycles. The minimum Gasteiger partial charge on any atom is -0.477 e. The molecular formula is C8H9NO2S2. The lowest BCUT2D eigenvalue weighted by Crippen LogP contribution is -1.94. The van der Waals surface area contributed by atoms with E-state index in [1.807, 2.05) is 11.8 Å². The van der Waals surface area contributed by atoms with Gasteiger partial charge in [0.25, 0.3) is 0 Å². The van der Waals surface area contributed by atoms with Gasteiger partial charge >= 0.3 is 5.97 Å². The number of hydrogen-bond donors (Lipinski definition) is 1. The van der Waals surface area contributed by atoms with Crippen LogP contribution in [0.25, 0.3) is 0 Å². The zero-order valence-electron chi connectivity index (χ0n) is 6.90. The van der Waals surface area contributed by atoms with E-state index in [0.29, 0.717) is 10.8 Å². The fourth-order valence-electron chi connectivity index (χ4n) is 1.30. The van der Waals surface area contributed by atoms with Gasteiger partial charge in [0, 0.05) is 11.7 Å². The zero-order valence-corrected chi connectivity index (χ0v) is 8.53. The van der Waals surface area contributed by atoms with Crippen LogP contribution in [-0.4, -0.2) is 27.6 Å². The smallest absolute Gasteiger partial charge is 0.347 e. The van der Waals surface area contributed by atoms with Gasteiger partial charge in [0.2, 0.25) is 0 Å². The van der Waals surface area contributed by atoms with Crippen LogP contribution in [0.5, 0.6) is 0 Å². The summed E-state index contributed by atoms with van der Waals surface area (Å²) in [5.41, 5.74) is 0. The second-order valence-electron chi connectivity index (χ2n) is 2.93. The van der Waals surface area contributed by atoms with Crippen molar-refractivity contribution in [3.63, 3.8) is 0 Å². The van der Waals surface area contributed by atoms with Crippen LogP contribution in [-0.2, 0) is 0 Å². The molecular weight excluding hydrogens is 206 g/mol. The molecule has 70 valence electrons. The number of carbonyl (C=O) groups is 1. The summed E-state index contributed by atoms with van der Waals surface area (Å²) in [6.45, 7) is 0. The summed E-state index contributed by atoms with van der Waals surface area (Å²) in [6.07, 6.45) is 2.60. The van der Waals surface area contributed by atoms with Gasteiger partial charge in [-0.3, -0.25) is 0 Å². The fourth-order valence-corrected chi connectivity index (χ4v) is 3.53. The van der Waals surface area contributed by atoms with E-state index in [1.54, 1.807) is 0 Å². The molecule has 3 nitrogen and oxygen atoms in total. The van der Waals surface area contributed by atoms with Gasteiger partial charge in [-0.15, -0.1) is 11.3 Å². The molecule has 5 heteroatoms. The third kappa shape index (κ3) is 1.86. The van der Waals surface area contributed by atoms with Gasteiger partial charge in [-0.25, -0.2) is 9.78 Å². The van der Waals surface area contributed by atoms with Crippen molar-refractivity contribution in [2.75, 3.05) is 11.5 Å². The number of carboxylic acids is 1. The number of aromatic carboxylic acids is 1. The van der Waals surface area contributed by atoms with Gasteiger partial charge < -0.3 is 5.11 Å². The maximum Gasteiger partial charge on any atom is 0.347 e. The van der Waals surface area contributed by atoms with Crippen molar-refractivity contribution in [3.8, 4) is 0 Å². The predicted molar refractivity (Wildman–Crippen MR) is 53.8 cm³/mol. The molecule has 1 aliphatic rings. The second-order valence-corrected chi connectivity index (χ2v) is 5.14. The third-order valence-electron chi connectivity index (χ3n) is 2.01. The first-order valence-electron chi connectivity index (χ1n) is 4.04. The number of hydrogen-bond acceptors (Lipinski definition) is 4. The highest BCUT2D eigenvalue weighted by Gasteiger charge is 2.21. The lowest BCUT2D eigenvalue weighted by atomic mass is 10.1. The molecule has 0 amide bonds. The molecule has 1 saturated heterocycles. The highest BCUT2D eigenvalue weighted by atomic mass is 32.2. The standard InChI is InChI=1S/C8H9NO2S2/c10-8(11)6-3-9-7(13-6)5-1-2-12-4-5/h3,5H,1-2,4H2,(H,10,11). The Balaban J connectivity index is 2.16. The molecule has 1 unspecified atom stereocenters. The molecule has 1 fully saturated rings. The zero-order chi connectivity index (χ0) is 9.26. The Hall–Kier alpha value is -0.550. The number of thioether (sulfide) groups is 1. The highest BCUT2D eigenvalue weighted by molar-refractivity contribution is 7.99. The molecule has 0 radical (unpaired) electrons. The van der Waals surface area contributed by atoms with E-state index in [1.165, 1.54) is 23.3 Å². The van der Waals surface area contributed by atoms with Crippen molar-refractivity contribution in [1.29, 1.82) is 0 Å². The Kier molecular flexibility index (Phi) is 2.55. The highest BCUT2D eigenvalue weighted by Crippen LogP contribution is 2.34. The summed E-state index contributed by atoms with van der Waals surface area (Å²) in [5, 5.41) is 9.69. The van der Waals surface area contributed by atoms with Crippen molar-refractivity contribution < 1.29 is 9.90 Å². The molecule has 1 N–H and O–H groups in total. The Bertz CT molecular complexity index is 318. The predicted octanol–water partition coefficient (Wildman–Crippen LogP) is 2.06. The summed E-state index contributed by atoms with van der Waals surface area (Å²) in [6, 6.07) is 0. The van der Waals surface area contributed by atoms with Crippen molar-refractivity contribution in [3.05, 3.63) is 16.1 Å². The molecule has 13 heavy (non-hydrogen) atoms. The van der Waals surface area contributed by atoms with E-state index in [4.69, 9.17) is 5.11 Å². The normalized spacial score (nSPS) is 22.0. The van der Waals surface area contributed by atoms with Crippen LogP contribution in [0.4, 0.5) is 0 Å².